The molecule has 1 aromatic rings. The first-order valence-corrected chi connectivity index (χ1v) is 8.18. The molecular weight excluding hydrogens is 304 g/mol. The number of carbonyl (C=O) groups is 2. The van der Waals surface area contributed by atoms with Crippen LogP contribution in [0.3, 0.4) is 0 Å². The van der Waals surface area contributed by atoms with E-state index in [0.29, 0.717) is 19.6 Å². The number of amides is 3. The summed E-state index contributed by atoms with van der Waals surface area (Å²) in [6, 6.07) is 2.77. The molecule has 1 fully saturated rings. The fourth-order valence-electron chi connectivity index (χ4n) is 2.55. The van der Waals surface area contributed by atoms with Gasteiger partial charge in [-0.1, -0.05) is 6.07 Å². The van der Waals surface area contributed by atoms with Gasteiger partial charge >= 0.3 is 6.03 Å². The van der Waals surface area contributed by atoms with Crippen molar-refractivity contribution in [2.45, 2.75) is 12.5 Å². The second-order valence-corrected chi connectivity index (χ2v) is 6.21. The van der Waals surface area contributed by atoms with Gasteiger partial charge in [-0.25, -0.2) is 4.79 Å². The molecule has 0 saturated carbocycles. The Bertz CT molecular complexity index is 486. The van der Waals surface area contributed by atoms with Crippen LogP contribution in [0.5, 0.6) is 0 Å². The molecule has 8 heteroatoms. The van der Waals surface area contributed by atoms with Gasteiger partial charge in [0.2, 0.25) is 5.91 Å². The minimum Gasteiger partial charge on any atom is -0.395 e. The van der Waals surface area contributed by atoms with E-state index in [1.807, 2.05) is 17.5 Å². The highest BCUT2D eigenvalue weighted by Crippen LogP contribution is 2.23. The zero-order valence-electron chi connectivity index (χ0n) is 12.4. The van der Waals surface area contributed by atoms with Crippen LogP contribution >= 0.6 is 11.3 Å². The average molecular weight is 326 g/mol. The molecule has 22 heavy (non-hydrogen) atoms. The minimum atomic E-state index is -0.626. The molecule has 0 bridgehead atoms. The molecule has 7 nitrogen and oxygen atoms in total. The first-order chi connectivity index (χ1) is 10.6. The van der Waals surface area contributed by atoms with Crippen molar-refractivity contribution in [3.05, 3.63) is 22.4 Å². The number of rotatable bonds is 6. The number of hydrogen-bond acceptors (Lipinski definition) is 5. The summed E-state index contributed by atoms with van der Waals surface area (Å²) in [5.41, 5.74) is 5.20. The van der Waals surface area contributed by atoms with E-state index in [1.165, 1.54) is 11.3 Å². The van der Waals surface area contributed by atoms with Gasteiger partial charge in [0.05, 0.1) is 19.1 Å². The molecule has 1 saturated heterocycles. The number of carbonyl (C=O) groups excluding carboxylic acids is 2. The molecular formula is C14H22N4O3S. The smallest absolute Gasteiger partial charge is 0.312 e. The van der Waals surface area contributed by atoms with Gasteiger partial charge in [-0.3, -0.25) is 9.69 Å². The van der Waals surface area contributed by atoms with Crippen LogP contribution in [0.15, 0.2) is 17.5 Å². The number of β-amino-alcohol motifs (C(OH)–C–C–N with tert-alkyl or cyclic N) is 1. The summed E-state index contributed by atoms with van der Waals surface area (Å²) in [7, 11) is 0. The molecule has 0 spiro atoms. The number of thiophene rings is 1. The number of aliphatic hydroxyl groups is 1. The number of nitrogens with one attached hydrogen (secondary N) is 1. The minimum absolute atomic E-state index is 0.01000. The third kappa shape index (κ3) is 4.69. The SMILES string of the molecule is NC(=O)N[C@@H](CC(=O)N1CCN(CCO)CC1)c1cccs1. The van der Waals surface area contributed by atoms with Crippen molar-refractivity contribution in [3.8, 4) is 0 Å². The highest BCUT2D eigenvalue weighted by Gasteiger charge is 2.25. The van der Waals surface area contributed by atoms with Crippen molar-refractivity contribution < 1.29 is 14.7 Å². The lowest BCUT2D eigenvalue weighted by Crippen LogP contribution is -2.50. The van der Waals surface area contributed by atoms with Gasteiger partial charge < -0.3 is 21.1 Å². The molecule has 122 valence electrons. The first kappa shape index (κ1) is 16.7. The van der Waals surface area contributed by atoms with Gasteiger partial charge in [0.15, 0.2) is 0 Å². The van der Waals surface area contributed by atoms with E-state index < -0.39 is 6.03 Å². The van der Waals surface area contributed by atoms with Crippen molar-refractivity contribution in [3.63, 3.8) is 0 Å². The molecule has 2 rings (SSSR count). The summed E-state index contributed by atoms with van der Waals surface area (Å²) in [5, 5.41) is 13.5. The van der Waals surface area contributed by atoms with Crippen LogP contribution in [0.2, 0.25) is 0 Å². The maximum atomic E-state index is 12.4. The summed E-state index contributed by atoms with van der Waals surface area (Å²) in [4.78, 5) is 28.4. The maximum Gasteiger partial charge on any atom is 0.312 e. The Morgan fingerprint density at radius 3 is 2.64 bits per heavy atom. The molecule has 4 N–H and O–H groups in total. The standard InChI is InChI=1S/C14H22N4O3S/c15-14(21)16-11(12-2-1-9-22-12)10-13(20)18-5-3-17(4-6-18)7-8-19/h1-2,9,11,19H,3-8,10H2,(H3,15,16,21)/t11-/m0/s1. The van der Waals surface area contributed by atoms with E-state index in [1.54, 1.807) is 4.90 Å². The van der Waals surface area contributed by atoms with Crippen LogP contribution in [-0.2, 0) is 4.79 Å². The molecule has 0 unspecified atom stereocenters. The summed E-state index contributed by atoms with van der Waals surface area (Å²) in [6.07, 6.45) is 0.212. The van der Waals surface area contributed by atoms with Crippen molar-refractivity contribution in [1.82, 2.24) is 15.1 Å². The summed E-state index contributed by atoms with van der Waals surface area (Å²) in [6.45, 7) is 3.59. The maximum absolute atomic E-state index is 12.4. The monoisotopic (exact) mass is 326 g/mol. The Labute approximate surface area is 133 Å². The third-order valence-corrected chi connectivity index (χ3v) is 4.71. The van der Waals surface area contributed by atoms with Crippen molar-refractivity contribution in [1.29, 1.82) is 0 Å². The normalized spacial score (nSPS) is 17.2. The summed E-state index contributed by atoms with van der Waals surface area (Å²) in [5.74, 6) is 0.01000. The van der Waals surface area contributed by atoms with Gasteiger partial charge in [-0.05, 0) is 11.4 Å². The topological polar surface area (TPSA) is 98.9 Å². The Balaban J connectivity index is 1.90. The molecule has 1 atom stereocenters. The lowest BCUT2D eigenvalue weighted by Gasteiger charge is -2.35. The van der Waals surface area contributed by atoms with Gasteiger partial charge in [0.1, 0.15) is 0 Å². The quantitative estimate of drug-likeness (QED) is 0.684. The number of nitrogens with zero attached hydrogens (tertiary/aromatic N) is 2. The van der Waals surface area contributed by atoms with Gasteiger partial charge in [-0.2, -0.15) is 0 Å². The molecule has 2 heterocycles. The van der Waals surface area contributed by atoms with Crippen LogP contribution in [-0.4, -0.2) is 66.2 Å². The second kappa shape index (κ2) is 8.11. The van der Waals surface area contributed by atoms with Gasteiger partial charge in [-0.15, -0.1) is 11.3 Å². The predicted octanol–water partition coefficient (Wildman–Crippen LogP) is -0.0159. The predicted molar refractivity (Wildman–Crippen MR) is 84.5 cm³/mol. The second-order valence-electron chi connectivity index (χ2n) is 5.23. The van der Waals surface area contributed by atoms with E-state index in [0.717, 1.165) is 18.0 Å². The fraction of sp³-hybridized carbons (Fsp3) is 0.571. The first-order valence-electron chi connectivity index (χ1n) is 7.30. The highest BCUT2D eigenvalue weighted by molar-refractivity contribution is 7.10. The Kier molecular flexibility index (Phi) is 6.17. The van der Waals surface area contributed by atoms with Crippen LogP contribution in [0.1, 0.15) is 17.3 Å². The van der Waals surface area contributed by atoms with Gasteiger partial charge in [0, 0.05) is 37.6 Å². The van der Waals surface area contributed by atoms with Gasteiger partial charge in [0.25, 0.3) is 0 Å². The lowest BCUT2D eigenvalue weighted by molar-refractivity contribution is -0.133. The average Bonchev–Trinajstić information content (AvgIpc) is 3.01. The Hall–Kier alpha value is -1.64. The molecule has 0 radical (unpaired) electrons. The number of primary amides is 1. The number of nitrogens with two attached hydrogens (primary N) is 1. The molecule has 1 aliphatic rings. The van der Waals surface area contributed by atoms with E-state index in [2.05, 4.69) is 10.2 Å². The lowest BCUT2D eigenvalue weighted by atomic mass is 10.1. The van der Waals surface area contributed by atoms with E-state index in [9.17, 15) is 9.59 Å². The third-order valence-electron chi connectivity index (χ3n) is 3.72. The number of hydrogen-bond donors (Lipinski definition) is 3. The van der Waals surface area contributed by atoms with E-state index in [-0.39, 0.29) is 25.0 Å². The van der Waals surface area contributed by atoms with Crippen LogP contribution in [0.25, 0.3) is 0 Å². The number of piperazine rings is 1. The van der Waals surface area contributed by atoms with Crippen LogP contribution in [0.4, 0.5) is 4.79 Å². The molecule has 1 aromatic heterocycles. The molecule has 1 aliphatic heterocycles. The van der Waals surface area contributed by atoms with Crippen molar-refractivity contribution in [2.75, 3.05) is 39.3 Å². The summed E-state index contributed by atoms with van der Waals surface area (Å²) < 4.78 is 0. The fourth-order valence-corrected chi connectivity index (χ4v) is 3.33. The molecule has 0 aromatic carbocycles. The van der Waals surface area contributed by atoms with E-state index in [4.69, 9.17) is 10.8 Å². The largest absolute Gasteiger partial charge is 0.395 e. The zero-order chi connectivity index (χ0) is 15.9. The molecule has 3 amide bonds. The molecule has 0 aliphatic carbocycles. The highest BCUT2D eigenvalue weighted by atomic mass is 32.1. The van der Waals surface area contributed by atoms with Crippen molar-refractivity contribution in [2.24, 2.45) is 5.73 Å². The number of aliphatic hydroxyl groups excluding tert-OH is 1. The zero-order valence-corrected chi connectivity index (χ0v) is 13.2. The van der Waals surface area contributed by atoms with E-state index >= 15 is 0 Å². The summed E-state index contributed by atoms with van der Waals surface area (Å²) >= 11 is 1.49. The Morgan fingerprint density at radius 2 is 2.09 bits per heavy atom. The Morgan fingerprint density at radius 1 is 1.36 bits per heavy atom. The van der Waals surface area contributed by atoms with Crippen LogP contribution in [0, 0.1) is 0 Å². The van der Waals surface area contributed by atoms with Crippen molar-refractivity contribution >= 4 is 23.3 Å². The van der Waals surface area contributed by atoms with Crippen LogP contribution < -0.4 is 11.1 Å². The number of urea groups is 1.